The highest BCUT2D eigenvalue weighted by Gasteiger charge is 2.27. The van der Waals surface area contributed by atoms with E-state index in [4.69, 9.17) is 0 Å². The van der Waals surface area contributed by atoms with Crippen LogP contribution in [0.2, 0.25) is 0 Å². The highest BCUT2D eigenvalue weighted by Crippen LogP contribution is 2.34. The fourth-order valence-corrected chi connectivity index (χ4v) is 3.29. The number of carbonyl (C=O) groups excluding carboxylic acids is 1. The largest absolute Gasteiger partial charge is 0.368 e. The molecule has 2 nitrogen and oxygen atoms in total. The van der Waals surface area contributed by atoms with E-state index in [2.05, 4.69) is 17.0 Å². The molecule has 0 N–H and O–H groups in total. The molecule has 0 saturated heterocycles. The maximum atomic E-state index is 10.8. The Labute approximate surface area is 103 Å². The van der Waals surface area contributed by atoms with E-state index in [-0.39, 0.29) is 0 Å². The molecule has 0 unspecified atom stereocenters. The Morgan fingerprint density at radius 2 is 2.00 bits per heavy atom. The molecule has 1 aliphatic carbocycles. The van der Waals surface area contributed by atoms with Crippen molar-refractivity contribution in [2.24, 2.45) is 0 Å². The molecular formula is C15H19NO. The van der Waals surface area contributed by atoms with E-state index >= 15 is 0 Å². The molecule has 0 atom stereocenters. The van der Waals surface area contributed by atoms with Crippen molar-refractivity contribution in [3.63, 3.8) is 0 Å². The summed E-state index contributed by atoms with van der Waals surface area (Å²) in [5.41, 5.74) is 3.55. The van der Waals surface area contributed by atoms with Crippen molar-refractivity contribution in [3.8, 4) is 0 Å². The minimum Gasteiger partial charge on any atom is -0.368 e. The van der Waals surface area contributed by atoms with Crippen LogP contribution in [-0.2, 0) is 6.42 Å². The zero-order chi connectivity index (χ0) is 11.7. The second kappa shape index (κ2) is 4.52. The zero-order valence-corrected chi connectivity index (χ0v) is 10.2. The third kappa shape index (κ3) is 1.97. The minimum atomic E-state index is 0.743. The van der Waals surface area contributed by atoms with E-state index in [1.54, 1.807) is 0 Å². The van der Waals surface area contributed by atoms with Crippen LogP contribution < -0.4 is 4.90 Å². The van der Waals surface area contributed by atoms with Gasteiger partial charge in [-0.1, -0.05) is 19.3 Å². The smallest absolute Gasteiger partial charge is 0.150 e. The van der Waals surface area contributed by atoms with Gasteiger partial charge < -0.3 is 4.90 Å². The Kier molecular flexibility index (Phi) is 2.87. The molecule has 1 aliphatic heterocycles. The molecule has 0 bridgehead atoms. The maximum absolute atomic E-state index is 10.8. The summed E-state index contributed by atoms with van der Waals surface area (Å²) in [5.74, 6) is 0. The van der Waals surface area contributed by atoms with Crippen molar-refractivity contribution >= 4 is 12.0 Å². The topological polar surface area (TPSA) is 20.3 Å². The molecule has 90 valence electrons. The van der Waals surface area contributed by atoms with Gasteiger partial charge in [0.2, 0.25) is 0 Å². The molecule has 2 heteroatoms. The predicted molar refractivity (Wildman–Crippen MR) is 69.8 cm³/mol. The number of aldehydes is 1. The number of hydrogen-bond acceptors (Lipinski definition) is 2. The SMILES string of the molecule is O=Cc1ccc2c(c1)CCN2C1CCCCC1. The van der Waals surface area contributed by atoms with Gasteiger partial charge in [-0.15, -0.1) is 0 Å². The van der Waals surface area contributed by atoms with Crippen LogP contribution in [0.5, 0.6) is 0 Å². The van der Waals surface area contributed by atoms with Gasteiger partial charge in [-0.2, -0.15) is 0 Å². The number of anilines is 1. The van der Waals surface area contributed by atoms with Crippen molar-refractivity contribution in [2.75, 3.05) is 11.4 Å². The molecule has 1 heterocycles. The van der Waals surface area contributed by atoms with Crippen LogP contribution in [0.1, 0.15) is 48.0 Å². The summed E-state index contributed by atoms with van der Waals surface area (Å²) < 4.78 is 0. The Morgan fingerprint density at radius 3 is 2.76 bits per heavy atom. The molecule has 1 fully saturated rings. The van der Waals surface area contributed by atoms with Crippen molar-refractivity contribution in [1.29, 1.82) is 0 Å². The van der Waals surface area contributed by atoms with E-state index in [0.717, 1.165) is 30.9 Å². The Morgan fingerprint density at radius 1 is 1.18 bits per heavy atom. The van der Waals surface area contributed by atoms with Crippen molar-refractivity contribution < 1.29 is 4.79 Å². The van der Waals surface area contributed by atoms with Crippen molar-refractivity contribution in [2.45, 2.75) is 44.6 Å². The van der Waals surface area contributed by atoms with Crippen molar-refractivity contribution in [1.82, 2.24) is 0 Å². The molecule has 17 heavy (non-hydrogen) atoms. The van der Waals surface area contributed by atoms with Gasteiger partial charge in [0.1, 0.15) is 6.29 Å². The molecule has 0 radical (unpaired) electrons. The Hall–Kier alpha value is -1.31. The van der Waals surface area contributed by atoms with E-state index < -0.39 is 0 Å². The number of fused-ring (bicyclic) bond motifs is 1. The average molecular weight is 229 g/mol. The standard InChI is InChI=1S/C15H19NO/c17-11-12-6-7-15-13(10-12)8-9-16(15)14-4-2-1-3-5-14/h6-7,10-11,14H,1-5,8-9H2. The number of benzene rings is 1. The molecule has 1 aromatic carbocycles. The molecule has 2 aliphatic rings. The van der Waals surface area contributed by atoms with Crippen LogP contribution in [0.15, 0.2) is 18.2 Å². The second-order valence-corrected chi connectivity index (χ2v) is 5.24. The minimum absolute atomic E-state index is 0.743. The fourth-order valence-electron chi connectivity index (χ4n) is 3.29. The highest BCUT2D eigenvalue weighted by molar-refractivity contribution is 5.77. The van der Waals surface area contributed by atoms with E-state index in [1.165, 1.54) is 43.4 Å². The maximum Gasteiger partial charge on any atom is 0.150 e. The van der Waals surface area contributed by atoms with Gasteiger partial charge >= 0.3 is 0 Å². The molecule has 1 saturated carbocycles. The summed E-state index contributed by atoms with van der Waals surface area (Å²) in [5, 5.41) is 0. The molecule has 0 spiro atoms. The summed E-state index contributed by atoms with van der Waals surface area (Å²) >= 11 is 0. The predicted octanol–water partition coefficient (Wildman–Crippen LogP) is 3.19. The molecule has 3 rings (SSSR count). The summed E-state index contributed by atoms with van der Waals surface area (Å²) in [6.07, 6.45) is 8.90. The van der Waals surface area contributed by atoms with Gasteiger partial charge in [0, 0.05) is 23.8 Å². The quantitative estimate of drug-likeness (QED) is 0.726. The molecular weight excluding hydrogens is 210 g/mol. The third-order valence-electron chi connectivity index (χ3n) is 4.19. The van der Waals surface area contributed by atoms with Crippen LogP contribution in [0.25, 0.3) is 0 Å². The van der Waals surface area contributed by atoms with Crippen LogP contribution in [-0.4, -0.2) is 18.9 Å². The van der Waals surface area contributed by atoms with Gasteiger partial charge in [-0.25, -0.2) is 0 Å². The lowest BCUT2D eigenvalue weighted by atomic mass is 9.94. The van der Waals surface area contributed by atoms with Gasteiger partial charge in [-0.3, -0.25) is 4.79 Å². The van der Waals surface area contributed by atoms with E-state index in [9.17, 15) is 4.79 Å². The lowest BCUT2D eigenvalue weighted by Crippen LogP contribution is -2.35. The fraction of sp³-hybridized carbons (Fsp3) is 0.533. The lowest BCUT2D eigenvalue weighted by Gasteiger charge is -2.33. The summed E-state index contributed by atoms with van der Waals surface area (Å²) in [4.78, 5) is 13.3. The summed E-state index contributed by atoms with van der Waals surface area (Å²) in [7, 11) is 0. The number of hydrogen-bond donors (Lipinski definition) is 0. The molecule has 0 amide bonds. The van der Waals surface area contributed by atoms with Gasteiger partial charge in [-0.05, 0) is 43.0 Å². The molecule has 0 aromatic heterocycles. The first-order valence-corrected chi connectivity index (χ1v) is 6.73. The summed E-state index contributed by atoms with van der Waals surface area (Å²) in [6, 6.07) is 6.89. The van der Waals surface area contributed by atoms with Crippen LogP contribution in [0, 0.1) is 0 Å². The van der Waals surface area contributed by atoms with Gasteiger partial charge in [0.25, 0.3) is 0 Å². The van der Waals surface area contributed by atoms with Gasteiger partial charge in [0.15, 0.2) is 0 Å². The van der Waals surface area contributed by atoms with E-state index in [0.29, 0.717) is 0 Å². The molecule has 1 aromatic rings. The number of carbonyl (C=O) groups is 1. The lowest BCUT2D eigenvalue weighted by molar-refractivity contribution is 0.112. The Bertz CT molecular complexity index is 421. The van der Waals surface area contributed by atoms with Crippen LogP contribution in [0.4, 0.5) is 5.69 Å². The Balaban J connectivity index is 1.85. The van der Waals surface area contributed by atoms with Crippen LogP contribution in [0.3, 0.4) is 0 Å². The number of nitrogens with zero attached hydrogens (tertiary/aromatic N) is 1. The number of rotatable bonds is 2. The highest BCUT2D eigenvalue weighted by atomic mass is 16.1. The van der Waals surface area contributed by atoms with Crippen LogP contribution >= 0.6 is 0 Å². The average Bonchev–Trinajstić information content (AvgIpc) is 2.82. The van der Waals surface area contributed by atoms with Gasteiger partial charge in [0.05, 0.1) is 0 Å². The monoisotopic (exact) mass is 229 g/mol. The van der Waals surface area contributed by atoms with E-state index in [1.807, 2.05) is 6.07 Å². The van der Waals surface area contributed by atoms with Crippen molar-refractivity contribution in [3.05, 3.63) is 29.3 Å². The second-order valence-electron chi connectivity index (χ2n) is 5.24. The first-order valence-electron chi connectivity index (χ1n) is 6.73. The first-order chi connectivity index (χ1) is 8.38. The zero-order valence-electron chi connectivity index (χ0n) is 10.2. The summed E-state index contributed by atoms with van der Waals surface area (Å²) in [6.45, 7) is 1.14. The normalized spacial score (nSPS) is 20.4. The first kappa shape index (κ1) is 10.8. The third-order valence-corrected chi connectivity index (χ3v) is 4.19.